The Bertz CT molecular complexity index is 670. The Kier molecular flexibility index (Phi) is 4.38. The van der Waals surface area contributed by atoms with Crippen LogP contribution < -0.4 is 5.32 Å². The van der Waals surface area contributed by atoms with Crippen molar-refractivity contribution in [2.24, 2.45) is 0 Å². The molecular weight excluding hydrogens is 296 g/mol. The van der Waals surface area contributed by atoms with Gasteiger partial charge < -0.3 is 10.2 Å². The van der Waals surface area contributed by atoms with Crippen molar-refractivity contribution in [1.82, 2.24) is 14.9 Å². The van der Waals surface area contributed by atoms with Crippen LogP contribution in [0, 0.1) is 6.92 Å². The average Bonchev–Trinajstić information content (AvgIpc) is 3.16. The van der Waals surface area contributed by atoms with E-state index in [0.717, 1.165) is 41.5 Å². The molecule has 0 radical (unpaired) electrons. The fraction of sp³-hybridized carbons (Fsp3) is 0.438. The minimum atomic E-state index is 0.155. The molecule has 2 aromatic rings. The van der Waals surface area contributed by atoms with E-state index in [1.54, 1.807) is 17.5 Å². The van der Waals surface area contributed by atoms with Crippen LogP contribution in [0.5, 0.6) is 0 Å². The zero-order chi connectivity index (χ0) is 15.5. The van der Waals surface area contributed by atoms with Crippen molar-refractivity contribution in [3.8, 4) is 0 Å². The van der Waals surface area contributed by atoms with Crippen LogP contribution in [0.25, 0.3) is 0 Å². The van der Waals surface area contributed by atoms with Gasteiger partial charge >= 0.3 is 0 Å². The summed E-state index contributed by atoms with van der Waals surface area (Å²) in [6.07, 6.45) is 4.25. The molecule has 1 aliphatic heterocycles. The second-order valence-electron chi connectivity index (χ2n) is 5.50. The summed E-state index contributed by atoms with van der Waals surface area (Å²) in [6.45, 7) is 2.79. The number of aryl methyl sites for hydroxylation is 1. The van der Waals surface area contributed by atoms with Gasteiger partial charge in [-0.15, -0.1) is 11.3 Å². The van der Waals surface area contributed by atoms with Crippen molar-refractivity contribution in [3.05, 3.63) is 40.0 Å². The maximum absolute atomic E-state index is 12.6. The van der Waals surface area contributed by atoms with E-state index < -0.39 is 0 Å². The summed E-state index contributed by atoms with van der Waals surface area (Å²) in [5.74, 6) is 1.00. The van der Waals surface area contributed by atoms with E-state index in [4.69, 9.17) is 0 Å². The normalized spacial score (nSPS) is 17.7. The maximum atomic E-state index is 12.6. The van der Waals surface area contributed by atoms with Gasteiger partial charge in [0.2, 0.25) is 5.91 Å². The van der Waals surface area contributed by atoms with Gasteiger partial charge in [0.15, 0.2) is 0 Å². The van der Waals surface area contributed by atoms with E-state index in [2.05, 4.69) is 15.3 Å². The lowest BCUT2D eigenvalue weighted by Gasteiger charge is -2.25. The number of likely N-dealkylation sites (tertiary alicyclic amines) is 1. The third kappa shape index (κ3) is 3.11. The molecule has 3 rings (SSSR count). The number of thiazole rings is 1. The molecule has 0 spiro atoms. The molecule has 22 heavy (non-hydrogen) atoms. The number of nitrogens with zero attached hydrogens (tertiary/aromatic N) is 3. The van der Waals surface area contributed by atoms with Gasteiger partial charge in [-0.2, -0.15) is 0 Å². The Morgan fingerprint density at radius 2 is 2.41 bits per heavy atom. The van der Waals surface area contributed by atoms with Crippen LogP contribution in [-0.2, 0) is 11.2 Å². The first kappa shape index (κ1) is 15.0. The standard InChI is InChI=1S/C16H20N4OS/c1-11-19-13(10-22-11)9-16(21)20-7-3-4-14(20)12-5-6-18-15(8-12)17-2/h5-6,8,10,14H,3-4,7,9H2,1-2H3,(H,17,18)/t14-/m0/s1. The van der Waals surface area contributed by atoms with Crippen LogP contribution in [-0.4, -0.2) is 34.4 Å². The van der Waals surface area contributed by atoms with Gasteiger partial charge in [0, 0.05) is 25.2 Å². The van der Waals surface area contributed by atoms with E-state index in [-0.39, 0.29) is 11.9 Å². The molecule has 0 unspecified atom stereocenters. The highest BCUT2D eigenvalue weighted by molar-refractivity contribution is 7.09. The molecule has 2 aromatic heterocycles. The molecule has 0 saturated carbocycles. The van der Waals surface area contributed by atoms with E-state index >= 15 is 0 Å². The SMILES string of the molecule is CNc1cc([C@@H]2CCCN2C(=O)Cc2csc(C)n2)ccn1. The summed E-state index contributed by atoms with van der Waals surface area (Å²) in [6, 6.07) is 4.19. The molecule has 1 saturated heterocycles. The van der Waals surface area contributed by atoms with Gasteiger partial charge in [-0.25, -0.2) is 9.97 Å². The maximum Gasteiger partial charge on any atom is 0.229 e. The average molecular weight is 316 g/mol. The molecule has 6 heteroatoms. The van der Waals surface area contributed by atoms with Gasteiger partial charge in [-0.05, 0) is 37.5 Å². The van der Waals surface area contributed by atoms with Gasteiger partial charge in [0.25, 0.3) is 0 Å². The fourth-order valence-corrected chi connectivity index (χ4v) is 3.56. The van der Waals surface area contributed by atoms with Crippen molar-refractivity contribution < 1.29 is 4.79 Å². The summed E-state index contributed by atoms with van der Waals surface area (Å²) in [5.41, 5.74) is 2.03. The van der Waals surface area contributed by atoms with Gasteiger partial charge in [-0.3, -0.25) is 4.79 Å². The molecule has 0 aliphatic carbocycles. The lowest BCUT2D eigenvalue weighted by Crippen LogP contribution is -2.32. The molecule has 3 heterocycles. The monoisotopic (exact) mass is 316 g/mol. The number of nitrogens with one attached hydrogen (secondary N) is 1. The molecule has 116 valence electrons. The topological polar surface area (TPSA) is 58.1 Å². The smallest absolute Gasteiger partial charge is 0.229 e. The van der Waals surface area contributed by atoms with Gasteiger partial charge in [0.1, 0.15) is 5.82 Å². The third-order valence-corrected chi connectivity index (χ3v) is 4.82. The van der Waals surface area contributed by atoms with Crippen LogP contribution in [0.4, 0.5) is 5.82 Å². The van der Waals surface area contributed by atoms with Crippen LogP contribution >= 0.6 is 11.3 Å². The lowest BCUT2D eigenvalue weighted by atomic mass is 10.1. The third-order valence-electron chi connectivity index (χ3n) is 4.00. The molecule has 1 fully saturated rings. The predicted octanol–water partition coefficient (Wildman–Crippen LogP) is 2.79. The first-order valence-electron chi connectivity index (χ1n) is 7.51. The van der Waals surface area contributed by atoms with E-state index in [9.17, 15) is 4.79 Å². The Labute approximate surface area is 134 Å². The number of hydrogen-bond donors (Lipinski definition) is 1. The van der Waals surface area contributed by atoms with Crippen molar-refractivity contribution >= 4 is 23.1 Å². The predicted molar refractivity (Wildman–Crippen MR) is 88.0 cm³/mol. The van der Waals surface area contributed by atoms with E-state index in [0.29, 0.717) is 6.42 Å². The minimum absolute atomic E-state index is 0.155. The first-order chi connectivity index (χ1) is 10.7. The van der Waals surface area contributed by atoms with Crippen LogP contribution in [0.2, 0.25) is 0 Å². The number of anilines is 1. The van der Waals surface area contributed by atoms with Crippen LogP contribution in [0.3, 0.4) is 0 Å². The lowest BCUT2D eigenvalue weighted by molar-refractivity contribution is -0.131. The van der Waals surface area contributed by atoms with E-state index in [1.807, 2.05) is 36.4 Å². The fourth-order valence-electron chi connectivity index (χ4n) is 2.95. The Morgan fingerprint density at radius 1 is 1.55 bits per heavy atom. The summed E-state index contributed by atoms with van der Waals surface area (Å²) in [5, 5.41) is 6.04. The number of amides is 1. The molecule has 1 aliphatic rings. The number of pyridine rings is 1. The van der Waals surface area contributed by atoms with Gasteiger partial charge in [-0.1, -0.05) is 0 Å². The quantitative estimate of drug-likeness (QED) is 0.942. The number of carbonyl (C=O) groups excluding carboxylic acids is 1. The molecule has 0 bridgehead atoms. The van der Waals surface area contributed by atoms with Gasteiger partial charge in [0.05, 0.1) is 23.2 Å². The Morgan fingerprint density at radius 3 is 3.14 bits per heavy atom. The summed E-state index contributed by atoms with van der Waals surface area (Å²) < 4.78 is 0. The Hall–Kier alpha value is -1.95. The number of hydrogen-bond acceptors (Lipinski definition) is 5. The van der Waals surface area contributed by atoms with Crippen LogP contribution in [0.15, 0.2) is 23.7 Å². The number of carbonyl (C=O) groups is 1. The Balaban J connectivity index is 1.75. The summed E-state index contributed by atoms with van der Waals surface area (Å²) in [4.78, 5) is 23.3. The van der Waals surface area contributed by atoms with Crippen molar-refractivity contribution in [2.75, 3.05) is 18.9 Å². The molecule has 1 N–H and O–H groups in total. The molecule has 5 nitrogen and oxygen atoms in total. The largest absolute Gasteiger partial charge is 0.373 e. The first-order valence-corrected chi connectivity index (χ1v) is 8.39. The highest BCUT2D eigenvalue weighted by Gasteiger charge is 2.30. The summed E-state index contributed by atoms with van der Waals surface area (Å²) in [7, 11) is 1.86. The molecule has 1 amide bonds. The summed E-state index contributed by atoms with van der Waals surface area (Å²) >= 11 is 1.59. The zero-order valence-electron chi connectivity index (χ0n) is 12.9. The highest BCUT2D eigenvalue weighted by Crippen LogP contribution is 2.33. The second kappa shape index (κ2) is 6.44. The zero-order valence-corrected chi connectivity index (χ0v) is 13.7. The van der Waals surface area contributed by atoms with Crippen molar-refractivity contribution in [3.63, 3.8) is 0 Å². The second-order valence-corrected chi connectivity index (χ2v) is 6.57. The number of rotatable bonds is 4. The van der Waals surface area contributed by atoms with Crippen molar-refractivity contribution in [1.29, 1.82) is 0 Å². The highest BCUT2D eigenvalue weighted by atomic mass is 32.1. The van der Waals surface area contributed by atoms with E-state index in [1.165, 1.54) is 0 Å². The molecule has 1 atom stereocenters. The van der Waals surface area contributed by atoms with Crippen LogP contribution in [0.1, 0.15) is 35.1 Å². The molecular formula is C16H20N4OS. The van der Waals surface area contributed by atoms with Crippen molar-refractivity contribution in [2.45, 2.75) is 32.2 Å². The molecule has 0 aromatic carbocycles. The number of aromatic nitrogens is 2. The minimum Gasteiger partial charge on any atom is -0.373 e.